The van der Waals surface area contributed by atoms with Crippen molar-refractivity contribution in [1.82, 2.24) is 0 Å². The molecule has 0 spiro atoms. The second-order valence-electron chi connectivity index (χ2n) is 5.36. The number of aryl methyl sites for hydroxylation is 1. The molecule has 1 N–H and O–H groups in total. The molecule has 114 valence electrons. The quantitative estimate of drug-likeness (QED) is 0.902. The van der Waals surface area contributed by atoms with Gasteiger partial charge in [-0.15, -0.1) is 0 Å². The fraction of sp³-hybridized carbons (Fsp3) is 0.235. The minimum atomic E-state index is -0.0740. The average molecular weight is 335 g/mol. The van der Waals surface area contributed by atoms with Gasteiger partial charge in [0, 0.05) is 28.0 Å². The summed E-state index contributed by atoms with van der Waals surface area (Å²) in [6, 6.07) is 13.3. The summed E-state index contributed by atoms with van der Waals surface area (Å²) in [7, 11) is 0. The van der Waals surface area contributed by atoms with Crippen LogP contribution in [0.25, 0.3) is 0 Å². The van der Waals surface area contributed by atoms with Gasteiger partial charge in [0.05, 0.1) is 6.54 Å². The van der Waals surface area contributed by atoms with Gasteiger partial charge in [0.2, 0.25) is 5.91 Å². The molecule has 0 aromatic heterocycles. The van der Waals surface area contributed by atoms with Crippen molar-refractivity contribution in [1.29, 1.82) is 0 Å². The van der Waals surface area contributed by atoms with Crippen LogP contribution in [0.4, 0.5) is 11.4 Å². The van der Waals surface area contributed by atoms with E-state index in [0.29, 0.717) is 22.3 Å². The van der Waals surface area contributed by atoms with Gasteiger partial charge < -0.3 is 10.2 Å². The van der Waals surface area contributed by atoms with Crippen molar-refractivity contribution in [2.24, 2.45) is 0 Å². The van der Waals surface area contributed by atoms with Gasteiger partial charge in [-0.1, -0.05) is 41.4 Å². The lowest BCUT2D eigenvalue weighted by Crippen LogP contribution is -2.36. The molecule has 0 bridgehead atoms. The molecule has 0 atom stereocenters. The monoisotopic (exact) mass is 334 g/mol. The van der Waals surface area contributed by atoms with Crippen molar-refractivity contribution in [2.45, 2.75) is 12.8 Å². The highest BCUT2D eigenvalue weighted by molar-refractivity contribution is 6.35. The van der Waals surface area contributed by atoms with E-state index in [-0.39, 0.29) is 5.91 Å². The van der Waals surface area contributed by atoms with Gasteiger partial charge in [0.25, 0.3) is 0 Å². The topological polar surface area (TPSA) is 32.3 Å². The number of para-hydroxylation sites is 1. The largest absolute Gasteiger partial charge is 0.362 e. The molecule has 3 nitrogen and oxygen atoms in total. The number of amides is 1. The smallest absolute Gasteiger partial charge is 0.243 e. The van der Waals surface area contributed by atoms with Gasteiger partial charge in [-0.05, 0) is 42.7 Å². The minimum absolute atomic E-state index is 0.0740. The number of halogens is 2. The molecule has 1 heterocycles. The molecular formula is C17H16Cl2N2O. The predicted molar refractivity (Wildman–Crippen MR) is 92.1 cm³/mol. The van der Waals surface area contributed by atoms with Crippen LogP contribution < -0.4 is 10.2 Å². The Morgan fingerprint density at radius 2 is 1.86 bits per heavy atom. The first-order valence-corrected chi connectivity index (χ1v) is 7.96. The van der Waals surface area contributed by atoms with Gasteiger partial charge in [0.1, 0.15) is 0 Å². The van der Waals surface area contributed by atoms with Crippen LogP contribution >= 0.6 is 23.2 Å². The van der Waals surface area contributed by atoms with Crippen LogP contribution in [0, 0.1) is 0 Å². The first kappa shape index (κ1) is 15.2. The Morgan fingerprint density at radius 1 is 1.14 bits per heavy atom. The van der Waals surface area contributed by atoms with Crippen molar-refractivity contribution in [3.8, 4) is 0 Å². The molecule has 1 aliphatic heterocycles. The average Bonchev–Trinajstić information content (AvgIpc) is 2.46. The summed E-state index contributed by atoms with van der Waals surface area (Å²) in [6.45, 7) is 1.21. The SMILES string of the molecule is O=C(CN1CCCc2ccccc21)Nc1cc(Cl)cc(Cl)c1. The molecule has 2 aromatic rings. The van der Waals surface area contributed by atoms with Gasteiger partial charge >= 0.3 is 0 Å². The molecule has 0 fully saturated rings. The van der Waals surface area contributed by atoms with Gasteiger partial charge in [-0.2, -0.15) is 0 Å². The number of fused-ring (bicyclic) bond motifs is 1. The van der Waals surface area contributed by atoms with Crippen molar-refractivity contribution in [2.75, 3.05) is 23.3 Å². The van der Waals surface area contributed by atoms with Crippen molar-refractivity contribution in [3.63, 3.8) is 0 Å². The number of rotatable bonds is 3. The van der Waals surface area contributed by atoms with Crippen LogP contribution in [0.15, 0.2) is 42.5 Å². The summed E-state index contributed by atoms with van der Waals surface area (Å²) < 4.78 is 0. The zero-order chi connectivity index (χ0) is 15.5. The molecular weight excluding hydrogens is 319 g/mol. The van der Waals surface area contributed by atoms with Crippen LogP contribution in [0.5, 0.6) is 0 Å². The Bertz CT molecular complexity index is 683. The third kappa shape index (κ3) is 3.54. The number of carbonyl (C=O) groups is 1. The summed E-state index contributed by atoms with van der Waals surface area (Å²) in [6.07, 6.45) is 2.13. The highest BCUT2D eigenvalue weighted by Crippen LogP contribution is 2.27. The van der Waals surface area contributed by atoms with E-state index >= 15 is 0 Å². The highest BCUT2D eigenvalue weighted by Gasteiger charge is 2.18. The summed E-state index contributed by atoms with van der Waals surface area (Å²) in [5, 5.41) is 3.86. The molecule has 0 unspecified atom stereocenters. The summed E-state index contributed by atoms with van der Waals surface area (Å²) in [5.41, 5.74) is 3.06. The van der Waals surface area contributed by atoms with E-state index in [4.69, 9.17) is 23.2 Å². The first-order valence-electron chi connectivity index (χ1n) is 7.20. The number of hydrogen-bond donors (Lipinski definition) is 1. The predicted octanol–water partition coefficient (Wildman–Crippen LogP) is 4.38. The molecule has 0 aliphatic carbocycles. The normalized spacial score (nSPS) is 13.6. The molecule has 1 amide bonds. The Balaban J connectivity index is 1.70. The Kier molecular flexibility index (Phi) is 4.55. The second-order valence-corrected chi connectivity index (χ2v) is 6.23. The maximum atomic E-state index is 12.3. The molecule has 2 aromatic carbocycles. The third-order valence-electron chi connectivity index (χ3n) is 3.69. The maximum absolute atomic E-state index is 12.3. The summed E-state index contributed by atoms with van der Waals surface area (Å²) in [5.74, 6) is -0.0740. The lowest BCUT2D eigenvalue weighted by Gasteiger charge is -2.30. The van der Waals surface area contributed by atoms with E-state index in [9.17, 15) is 4.79 Å². The second kappa shape index (κ2) is 6.59. The van der Waals surface area contributed by atoms with Gasteiger partial charge in [-0.3, -0.25) is 4.79 Å². The van der Waals surface area contributed by atoms with Crippen LogP contribution in [-0.2, 0) is 11.2 Å². The maximum Gasteiger partial charge on any atom is 0.243 e. The van der Waals surface area contributed by atoms with Crippen LogP contribution in [-0.4, -0.2) is 19.0 Å². The Labute approximate surface area is 139 Å². The van der Waals surface area contributed by atoms with Gasteiger partial charge in [-0.25, -0.2) is 0 Å². The molecule has 0 saturated carbocycles. The Hall–Kier alpha value is -1.71. The van der Waals surface area contributed by atoms with E-state index < -0.39 is 0 Å². The number of nitrogens with one attached hydrogen (secondary N) is 1. The first-order chi connectivity index (χ1) is 10.6. The molecule has 1 aliphatic rings. The zero-order valence-electron chi connectivity index (χ0n) is 12.0. The standard InChI is InChI=1S/C17H16Cl2N2O/c18-13-8-14(19)10-15(9-13)20-17(22)11-21-7-3-5-12-4-1-2-6-16(12)21/h1-2,4,6,8-10H,3,5,7,11H2,(H,20,22). The van der Waals surface area contributed by atoms with E-state index in [1.807, 2.05) is 12.1 Å². The van der Waals surface area contributed by atoms with Crippen molar-refractivity contribution >= 4 is 40.5 Å². The lowest BCUT2D eigenvalue weighted by molar-refractivity contribution is -0.115. The fourth-order valence-electron chi connectivity index (χ4n) is 2.78. The number of carbonyl (C=O) groups excluding carboxylic acids is 1. The zero-order valence-corrected chi connectivity index (χ0v) is 13.5. The lowest BCUT2D eigenvalue weighted by atomic mass is 10.0. The van der Waals surface area contributed by atoms with Crippen LogP contribution in [0.2, 0.25) is 10.0 Å². The number of nitrogens with zero attached hydrogens (tertiary/aromatic N) is 1. The number of hydrogen-bond acceptors (Lipinski definition) is 2. The Morgan fingerprint density at radius 3 is 2.64 bits per heavy atom. The highest BCUT2D eigenvalue weighted by atomic mass is 35.5. The molecule has 22 heavy (non-hydrogen) atoms. The molecule has 5 heteroatoms. The van der Waals surface area contributed by atoms with E-state index in [0.717, 1.165) is 25.1 Å². The minimum Gasteiger partial charge on any atom is -0.362 e. The molecule has 0 saturated heterocycles. The van der Waals surface area contributed by atoms with Crippen LogP contribution in [0.1, 0.15) is 12.0 Å². The summed E-state index contributed by atoms with van der Waals surface area (Å²) >= 11 is 11.9. The van der Waals surface area contributed by atoms with Crippen molar-refractivity contribution < 1.29 is 4.79 Å². The third-order valence-corrected chi connectivity index (χ3v) is 4.12. The van der Waals surface area contributed by atoms with Crippen LogP contribution in [0.3, 0.4) is 0 Å². The number of benzene rings is 2. The van der Waals surface area contributed by atoms with E-state index in [2.05, 4.69) is 22.3 Å². The fourth-order valence-corrected chi connectivity index (χ4v) is 3.30. The molecule has 0 radical (unpaired) electrons. The van der Waals surface area contributed by atoms with E-state index in [1.54, 1.807) is 18.2 Å². The van der Waals surface area contributed by atoms with Crippen molar-refractivity contribution in [3.05, 3.63) is 58.1 Å². The molecule has 3 rings (SSSR count). The van der Waals surface area contributed by atoms with Gasteiger partial charge in [0.15, 0.2) is 0 Å². The number of anilines is 2. The summed E-state index contributed by atoms with van der Waals surface area (Å²) in [4.78, 5) is 14.4. The van der Waals surface area contributed by atoms with E-state index in [1.165, 1.54) is 5.56 Å².